The summed E-state index contributed by atoms with van der Waals surface area (Å²) in [6.45, 7) is 4.09. The van der Waals surface area contributed by atoms with Crippen LogP contribution in [0.1, 0.15) is 47.5 Å². The fraction of sp³-hybridized carbons (Fsp3) is 0.368. The van der Waals surface area contributed by atoms with E-state index >= 15 is 0 Å². The van der Waals surface area contributed by atoms with Crippen molar-refractivity contribution in [3.63, 3.8) is 0 Å². The molecule has 1 amide bonds. The van der Waals surface area contributed by atoms with Crippen LogP contribution in [0.25, 0.3) is 0 Å². The molecule has 1 heterocycles. The van der Waals surface area contributed by atoms with E-state index in [0.717, 1.165) is 29.7 Å². The predicted molar refractivity (Wildman–Crippen MR) is 103 cm³/mol. The second-order valence-electron chi connectivity index (χ2n) is 5.56. The number of nitrogens with one attached hydrogen (secondary N) is 1. The Labute approximate surface area is 157 Å². The molecule has 0 bridgehead atoms. The first-order chi connectivity index (χ1) is 12.0. The summed E-state index contributed by atoms with van der Waals surface area (Å²) in [5.41, 5.74) is 1.59. The van der Waals surface area contributed by atoms with Gasteiger partial charge in [-0.25, -0.2) is 4.79 Å². The lowest BCUT2D eigenvalue weighted by atomic mass is 10.1. The quantitative estimate of drug-likeness (QED) is 0.649. The number of hydrogen-bond donors (Lipinski definition) is 1. The molecule has 0 unspecified atom stereocenters. The third kappa shape index (κ3) is 5.87. The minimum absolute atomic E-state index is 0.0935. The average Bonchev–Trinajstić information content (AvgIpc) is 3.00. The molecule has 0 spiro atoms. The van der Waals surface area contributed by atoms with Crippen molar-refractivity contribution in [1.29, 1.82) is 0 Å². The fourth-order valence-electron chi connectivity index (χ4n) is 2.36. The van der Waals surface area contributed by atoms with Gasteiger partial charge in [0.25, 0.3) is 0 Å². The highest BCUT2D eigenvalue weighted by Gasteiger charge is 2.18. The Balaban J connectivity index is 1.92. The van der Waals surface area contributed by atoms with Gasteiger partial charge in [-0.2, -0.15) is 0 Å². The minimum atomic E-state index is -0.394. The van der Waals surface area contributed by atoms with E-state index in [1.807, 2.05) is 31.2 Å². The van der Waals surface area contributed by atoms with Gasteiger partial charge in [-0.05, 0) is 49.9 Å². The van der Waals surface area contributed by atoms with Gasteiger partial charge in [0, 0.05) is 16.3 Å². The molecule has 0 aliphatic heterocycles. The highest BCUT2D eigenvalue weighted by atomic mass is 35.5. The summed E-state index contributed by atoms with van der Waals surface area (Å²) < 4.78 is 5.06. The van der Waals surface area contributed by atoms with E-state index in [1.54, 1.807) is 13.0 Å². The van der Waals surface area contributed by atoms with Gasteiger partial charge in [-0.1, -0.05) is 30.7 Å². The van der Waals surface area contributed by atoms with Crippen molar-refractivity contribution in [2.75, 3.05) is 11.9 Å². The van der Waals surface area contributed by atoms with E-state index in [0.29, 0.717) is 28.6 Å². The molecule has 0 saturated heterocycles. The number of thiophene rings is 1. The van der Waals surface area contributed by atoms with Crippen molar-refractivity contribution in [1.82, 2.24) is 0 Å². The molecular weight excluding hydrogens is 358 g/mol. The molecular formula is C19H22ClNO3S. The summed E-state index contributed by atoms with van der Waals surface area (Å²) in [6, 6.07) is 9.42. The zero-order valence-electron chi connectivity index (χ0n) is 14.4. The lowest BCUT2D eigenvalue weighted by Crippen LogP contribution is -2.14. The van der Waals surface area contributed by atoms with Gasteiger partial charge in [0.1, 0.15) is 5.00 Å². The molecule has 134 valence electrons. The second kappa shape index (κ2) is 9.59. The standard InChI is InChI=1S/C19H22ClNO3S/c1-3-15-12-16(19(23)24-4-2)18(25-15)21-17(22)7-5-6-13-8-10-14(20)11-9-13/h8-12H,3-7H2,1-2H3,(H,21,22). The largest absolute Gasteiger partial charge is 0.462 e. The Morgan fingerprint density at radius 3 is 2.56 bits per heavy atom. The molecule has 1 N–H and O–H groups in total. The molecule has 0 aliphatic rings. The monoisotopic (exact) mass is 379 g/mol. The number of benzene rings is 1. The van der Waals surface area contributed by atoms with E-state index in [2.05, 4.69) is 5.32 Å². The number of hydrogen-bond acceptors (Lipinski definition) is 4. The van der Waals surface area contributed by atoms with Gasteiger partial charge >= 0.3 is 5.97 Å². The Bertz CT molecular complexity index is 725. The van der Waals surface area contributed by atoms with Crippen molar-refractivity contribution in [3.05, 3.63) is 51.4 Å². The van der Waals surface area contributed by atoms with Gasteiger partial charge in [0.15, 0.2) is 0 Å². The number of halogens is 1. The van der Waals surface area contributed by atoms with Crippen LogP contribution in [-0.4, -0.2) is 18.5 Å². The molecule has 4 nitrogen and oxygen atoms in total. The number of esters is 1. The van der Waals surface area contributed by atoms with Gasteiger partial charge in [-0.15, -0.1) is 11.3 Å². The van der Waals surface area contributed by atoms with Gasteiger partial charge in [-0.3, -0.25) is 4.79 Å². The van der Waals surface area contributed by atoms with E-state index in [1.165, 1.54) is 11.3 Å². The van der Waals surface area contributed by atoms with Crippen LogP contribution in [-0.2, 0) is 22.4 Å². The number of aryl methyl sites for hydroxylation is 2. The SMILES string of the molecule is CCOC(=O)c1cc(CC)sc1NC(=O)CCCc1ccc(Cl)cc1. The zero-order chi connectivity index (χ0) is 18.2. The Kier molecular flexibility index (Phi) is 7.47. The number of ether oxygens (including phenoxy) is 1. The van der Waals surface area contributed by atoms with E-state index in [9.17, 15) is 9.59 Å². The van der Waals surface area contributed by atoms with Crippen LogP contribution >= 0.6 is 22.9 Å². The summed E-state index contributed by atoms with van der Waals surface area (Å²) in [5, 5.41) is 4.14. The van der Waals surface area contributed by atoms with Crippen LogP contribution in [0.3, 0.4) is 0 Å². The van der Waals surface area contributed by atoms with Crippen LogP contribution in [0.2, 0.25) is 5.02 Å². The van der Waals surface area contributed by atoms with Crippen molar-refractivity contribution < 1.29 is 14.3 Å². The molecule has 1 aromatic carbocycles. The molecule has 0 atom stereocenters. The van der Waals surface area contributed by atoms with Gasteiger partial charge < -0.3 is 10.1 Å². The molecule has 0 fully saturated rings. The maximum atomic E-state index is 12.2. The lowest BCUT2D eigenvalue weighted by molar-refractivity contribution is -0.116. The Morgan fingerprint density at radius 2 is 1.92 bits per heavy atom. The topological polar surface area (TPSA) is 55.4 Å². The summed E-state index contributed by atoms with van der Waals surface area (Å²) in [4.78, 5) is 25.3. The highest BCUT2D eigenvalue weighted by Crippen LogP contribution is 2.29. The van der Waals surface area contributed by atoms with Crippen LogP contribution in [0, 0.1) is 0 Å². The number of amides is 1. The summed E-state index contributed by atoms with van der Waals surface area (Å²) in [5.74, 6) is -0.487. The van der Waals surface area contributed by atoms with Crippen LogP contribution < -0.4 is 5.32 Å². The normalized spacial score (nSPS) is 10.5. The molecule has 2 aromatic rings. The molecule has 25 heavy (non-hydrogen) atoms. The minimum Gasteiger partial charge on any atom is -0.462 e. The Hall–Kier alpha value is -1.85. The number of carbonyl (C=O) groups excluding carboxylic acids is 2. The smallest absolute Gasteiger partial charge is 0.341 e. The first kappa shape index (κ1) is 19.5. The van der Waals surface area contributed by atoms with E-state index in [4.69, 9.17) is 16.3 Å². The maximum absolute atomic E-state index is 12.2. The predicted octanol–water partition coefficient (Wildman–Crippen LogP) is 5.10. The third-order valence-electron chi connectivity index (χ3n) is 3.66. The molecule has 0 radical (unpaired) electrons. The van der Waals surface area contributed by atoms with Crippen molar-refractivity contribution in [2.24, 2.45) is 0 Å². The average molecular weight is 380 g/mol. The third-order valence-corrected chi connectivity index (χ3v) is 5.11. The first-order valence-corrected chi connectivity index (χ1v) is 9.57. The number of anilines is 1. The Morgan fingerprint density at radius 1 is 1.20 bits per heavy atom. The van der Waals surface area contributed by atoms with Crippen molar-refractivity contribution >= 4 is 39.8 Å². The van der Waals surface area contributed by atoms with Gasteiger partial charge in [0.05, 0.1) is 12.2 Å². The molecule has 1 aromatic heterocycles. The van der Waals surface area contributed by atoms with Crippen LogP contribution in [0.15, 0.2) is 30.3 Å². The number of rotatable bonds is 8. The van der Waals surface area contributed by atoms with E-state index < -0.39 is 5.97 Å². The summed E-state index contributed by atoms with van der Waals surface area (Å²) >= 11 is 7.29. The maximum Gasteiger partial charge on any atom is 0.341 e. The van der Waals surface area contributed by atoms with Crippen LogP contribution in [0.4, 0.5) is 5.00 Å². The van der Waals surface area contributed by atoms with Gasteiger partial charge in [0.2, 0.25) is 5.91 Å². The van der Waals surface area contributed by atoms with E-state index in [-0.39, 0.29) is 5.91 Å². The van der Waals surface area contributed by atoms with Crippen LogP contribution in [0.5, 0.6) is 0 Å². The molecule has 0 saturated carbocycles. The summed E-state index contributed by atoms with van der Waals surface area (Å²) in [7, 11) is 0. The zero-order valence-corrected chi connectivity index (χ0v) is 16.0. The lowest BCUT2D eigenvalue weighted by Gasteiger charge is -2.06. The fourth-order valence-corrected chi connectivity index (χ4v) is 3.49. The second-order valence-corrected chi connectivity index (χ2v) is 7.13. The highest BCUT2D eigenvalue weighted by molar-refractivity contribution is 7.16. The van der Waals surface area contributed by atoms with Crippen molar-refractivity contribution in [3.8, 4) is 0 Å². The van der Waals surface area contributed by atoms with Crippen molar-refractivity contribution in [2.45, 2.75) is 39.5 Å². The molecule has 6 heteroatoms. The summed E-state index contributed by atoms with van der Waals surface area (Å²) in [6.07, 6.45) is 2.74. The molecule has 2 rings (SSSR count). The first-order valence-electron chi connectivity index (χ1n) is 8.37. The molecule has 0 aliphatic carbocycles. The number of carbonyl (C=O) groups is 2.